The number of rotatable bonds is 7. The summed E-state index contributed by atoms with van der Waals surface area (Å²) in [5, 5.41) is 7.00. The standard InChI is InChI=1S/C20H19N3O3S/c1-27-18-10-6-5-9-16(18)21-20(25)17-11-12-19(24)23(22-17)13-14-26-15-7-3-2-4-8-15/h2-12H,13-14H2,1H3,(H,21,25). The summed E-state index contributed by atoms with van der Waals surface area (Å²) >= 11 is 1.54. The molecule has 7 heteroatoms. The second-order valence-electron chi connectivity index (χ2n) is 5.60. The lowest BCUT2D eigenvalue weighted by Gasteiger charge is -2.10. The summed E-state index contributed by atoms with van der Waals surface area (Å²) in [4.78, 5) is 25.5. The van der Waals surface area contributed by atoms with Gasteiger partial charge < -0.3 is 10.1 Å². The van der Waals surface area contributed by atoms with E-state index in [1.807, 2.05) is 60.9 Å². The maximum absolute atomic E-state index is 12.5. The molecule has 0 aliphatic heterocycles. The molecule has 27 heavy (non-hydrogen) atoms. The number of amides is 1. The summed E-state index contributed by atoms with van der Waals surface area (Å²) in [6.07, 6.45) is 1.94. The van der Waals surface area contributed by atoms with E-state index in [-0.39, 0.29) is 30.3 Å². The third-order valence-corrected chi connectivity index (χ3v) is 4.57. The molecule has 0 atom stereocenters. The van der Waals surface area contributed by atoms with Crippen molar-refractivity contribution in [3.8, 4) is 5.75 Å². The average molecular weight is 381 g/mol. The summed E-state index contributed by atoms with van der Waals surface area (Å²) in [6.45, 7) is 0.521. The summed E-state index contributed by atoms with van der Waals surface area (Å²) in [5.74, 6) is 0.349. The first kappa shape index (κ1) is 18.7. The molecule has 0 saturated heterocycles. The number of benzene rings is 2. The van der Waals surface area contributed by atoms with Gasteiger partial charge in [-0.3, -0.25) is 9.59 Å². The Labute approximate surface area is 161 Å². The molecule has 0 aliphatic carbocycles. The lowest BCUT2D eigenvalue weighted by molar-refractivity contribution is 0.101. The number of hydrogen-bond donors (Lipinski definition) is 1. The van der Waals surface area contributed by atoms with Gasteiger partial charge in [-0.05, 0) is 36.6 Å². The van der Waals surface area contributed by atoms with Gasteiger partial charge in [0.1, 0.15) is 18.1 Å². The van der Waals surface area contributed by atoms with E-state index in [1.165, 1.54) is 16.8 Å². The van der Waals surface area contributed by atoms with Gasteiger partial charge in [-0.15, -0.1) is 11.8 Å². The van der Waals surface area contributed by atoms with Crippen molar-refractivity contribution in [1.29, 1.82) is 0 Å². The number of para-hydroxylation sites is 2. The highest BCUT2D eigenvalue weighted by Crippen LogP contribution is 2.24. The minimum Gasteiger partial charge on any atom is -0.492 e. The van der Waals surface area contributed by atoms with Crippen LogP contribution in [0.5, 0.6) is 5.75 Å². The first-order valence-corrected chi connectivity index (χ1v) is 9.60. The Bertz CT molecular complexity index is 973. The van der Waals surface area contributed by atoms with Crippen molar-refractivity contribution in [2.24, 2.45) is 0 Å². The first-order chi connectivity index (χ1) is 13.2. The van der Waals surface area contributed by atoms with Crippen molar-refractivity contribution in [3.05, 3.63) is 82.8 Å². The Kier molecular flexibility index (Phi) is 6.27. The van der Waals surface area contributed by atoms with Gasteiger partial charge in [0.2, 0.25) is 0 Å². The maximum atomic E-state index is 12.5. The van der Waals surface area contributed by atoms with Crippen LogP contribution in [0.3, 0.4) is 0 Å². The Morgan fingerprint density at radius 3 is 2.59 bits per heavy atom. The normalized spacial score (nSPS) is 10.4. The van der Waals surface area contributed by atoms with Crippen LogP contribution < -0.4 is 15.6 Å². The van der Waals surface area contributed by atoms with Crippen LogP contribution in [0.25, 0.3) is 0 Å². The lowest BCUT2D eigenvalue weighted by Crippen LogP contribution is -2.28. The molecule has 3 aromatic rings. The number of ether oxygens (including phenoxy) is 1. The molecular formula is C20H19N3O3S. The van der Waals surface area contributed by atoms with Crippen LogP contribution in [0.2, 0.25) is 0 Å². The second-order valence-corrected chi connectivity index (χ2v) is 6.44. The highest BCUT2D eigenvalue weighted by atomic mass is 32.2. The van der Waals surface area contributed by atoms with E-state index < -0.39 is 0 Å². The zero-order valence-corrected chi connectivity index (χ0v) is 15.6. The molecular weight excluding hydrogens is 362 g/mol. The van der Waals surface area contributed by atoms with Gasteiger partial charge in [-0.1, -0.05) is 30.3 Å². The number of aromatic nitrogens is 2. The van der Waals surface area contributed by atoms with Gasteiger partial charge in [0.25, 0.3) is 11.5 Å². The van der Waals surface area contributed by atoms with Crippen LogP contribution >= 0.6 is 11.8 Å². The molecule has 0 unspecified atom stereocenters. The number of nitrogens with one attached hydrogen (secondary N) is 1. The third kappa shape index (κ3) is 4.98. The van der Waals surface area contributed by atoms with Crippen molar-refractivity contribution in [3.63, 3.8) is 0 Å². The van der Waals surface area contributed by atoms with Gasteiger partial charge in [0.15, 0.2) is 0 Å². The SMILES string of the molecule is CSc1ccccc1NC(=O)c1ccc(=O)n(CCOc2ccccc2)n1. The molecule has 0 radical (unpaired) electrons. The van der Waals surface area contributed by atoms with Crippen molar-refractivity contribution in [1.82, 2.24) is 9.78 Å². The number of anilines is 1. The first-order valence-electron chi connectivity index (χ1n) is 8.38. The molecule has 0 bridgehead atoms. The van der Waals surface area contributed by atoms with Crippen LogP contribution in [-0.2, 0) is 6.54 Å². The minimum atomic E-state index is -0.366. The molecule has 1 N–H and O–H groups in total. The van der Waals surface area contributed by atoms with Crippen LogP contribution in [0.4, 0.5) is 5.69 Å². The lowest BCUT2D eigenvalue weighted by atomic mass is 10.3. The van der Waals surface area contributed by atoms with Crippen molar-refractivity contribution in [2.75, 3.05) is 18.2 Å². The van der Waals surface area contributed by atoms with Crippen LogP contribution in [0, 0.1) is 0 Å². The van der Waals surface area contributed by atoms with E-state index in [0.717, 1.165) is 4.90 Å². The largest absolute Gasteiger partial charge is 0.492 e. The predicted octanol–water partition coefficient (Wildman–Crippen LogP) is 3.30. The van der Waals surface area contributed by atoms with Crippen molar-refractivity contribution in [2.45, 2.75) is 11.4 Å². The van der Waals surface area contributed by atoms with Gasteiger partial charge >= 0.3 is 0 Å². The van der Waals surface area contributed by atoms with Gasteiger partial charge in [-0.2, -0.15) is 5.10 Å². The van der Waals surface area contributed by atoms with Crippen molar-refractivity contribution < 1.29 is 9.53 Å². The fourth-order valence-corrected chi connectivity index (χ4v) is 2.98. The monoisotopic (exact) mass is 381 g/mol. The molecule has 1 heterocycles. The quantitative estimate of drug-likeness (QED) is 0.636. The van der Waals surface area contributed by atoms with Crippen LogP contribution in [0.1, 0.15) is 10.5 Å². The molecule has 3 rings (SSSR count). The molecule has 2 aromatic carbocycles. The van der Waals surface area contributed by atoms with E-state index in [1.54, 1.807) is 11.8 Å². The Morgan fingerprint density at radius 1 is 1.07 bits per heavy atom. The summed E-state index contributed by atoms with van der Waals surface area (Å²) in [6, 6.07) is 19.6. The highest BCUT2D eigenvalue weighted by Gasteiger charge is 2.12. The predicted molar refractivity (Wildman–Crippen MR) is 107 cm³/mol. The molecule has 6 nitrogen and oxygen atoms in total. The Hall–Kier alpha value is -3.06. The minimum absolute atomic E-state index is 0.171. The van der Waals surface area contributed by atoms with Crippen molar-refractivity contribution >= 4 is 23.4 Å². The summed E-state index contributed by atoms with van der Waals surface area (Å²) in [5.41, 5.74) is 0.597. The number of hydrogen-bond acceptors (Lipinski definition) is 5. The molecule has 1 amide bonds. The van der Waals surface area contributed by atoms with E-state index in [2.05, 4.69) is 10.4 Å². The molecule has 0 fully saturated rings. The second kappa shape index (κ2) is 9.05. The number of carbonyl (C=O) groups excluding carboxylic acids is 1. The summed E-state index contributed by atoms with van der Waals surface area (Å²) in [7, 11) is 0. The number of nitrogens with zero attached hydrogens (tertiary/aromatic N) is 2. The molecule has 1 aromatic heterocycles. The van der Waals surface area contributed by atoms with E-state index in [9.17, 15) is 9.59 Å². The number of thioether (sulfide) groups is 1. The van der Waals surface area contributed by atoms with E-state index >= 15 is 0 Å². The van der Waals surface area contributed by atoms with Gasteiger partial charge in [0.05, 0.1) is 12.2 Å². The average Bonchev–Trinajstić information content (AvgIpc) is 2.70. The topological polar surface area (TPSA) is 73.2 Å². The smallest absolute Gasteiger partial charge is 0.276 e. The fourth-order valence-electron chi connectivity index (χ4n) is 2.43. The van der Waals surface area contributed by atoms with E-state index in [4.69, 9.17) is 4.74 Å². The van der Waals surface area contributed by atoms with E-state index in [0.29, 0.717) is 11.4 Å². The zero-order valence-electron chi connectivity index (χ0n) is 14.8. The van der Waals surface area contributed by atoms with Gasteiger partial charge in [0, 0.05) is 11.0 Å². The van der Waals surface area contributed by atoms with Crippen LogP contribution in [0.15, 0.2) is 76.4 Å². The molecule has 138 valence electrons. The summed E-state index contributed by atoms with van der Waals surface area (Å²) < 4.78 is 6.82. The maximum Gasteiger partial charge on any atom is 0.276 e. The third-order valence-electron chi connectivity index (χ3n) is 3.77. The highest BCUT2D eigenvalue weighted by molar-refractivity contribution is 7.98. The Balaban J connectivity index is 1.68. The fraction of sp³-hybridized carbons (Fsp3) is 0.150. The Morgan fingerprint density at radius 2 is 1.81 bits per heavy atom. The number of carbonyl (C=O) groups is 1. The van der Waals surface area contributed by atoms with Crippen LogP contribution in [-0.4, -0.2) is 28.6 Å². The zero-order chi connectivity index (χ0) is 19.1. The molecule has 0 aliphatic rings. The molecule has 0 saturated carbocycles. The molecule has 0 spiro atoms. The van der Waals surface area contributed by atoms with Gasteiger partial charge in [-0.25, -0.2) is 4.68 Å².